The van der Waals surface area contributed by atoms with E-state index in [4.69, 9.17) is 15.7 Å². The van der Waals surface area contributed by atoms with Crippen molar-refractivity contribution < 1.29 is 14.7 Å². The summed E-state index contributed by atoms with van der Waals surface area (Å²) in [6.45, 7) is 9.28. The number of nitrogens with zero attached hydrogens (tertiary/aromatic N) is 3. The third-order valence-electron chi connectivity index (χ3n) is 4.75. The average Bonchev–Trinajstić information content (AvgIpc) is 2.91. The van der Waals surface area contributed by atoms with Crippen LogP contribution in [-0.2, 0) is 9.53 Å². The lowest BCUT2D eigenvalue weighted by atomic mass is 9.99. The Morgan fingerprint density at radius 1 is 1.33 bits per heavy atom. The smallest absolute Gasteiger partial charge is 0.252 e. The second-order valence-electron chi connectivity index (χ2n) is 6.41. The number of amides is 1. The highest BCUT2D eigenvalue weighted by molar-refractivity contribution is 5.88. The number of rotatable bonds is 3. The van der Waals surface area contributed by atoms with Crippen molar-refractivity contribution in [3.8, 4) is 0 Å². The first-order valence-corrected chi connectivity index (χ1v) is 7.51. The molecule has 2 aliphatic rings. The van der Waals surface area contributed by atoms with Crippen LogP contribution in [0.25, 0.3) is 0 Å². The lowest BCUT2D eigenvalue weighted by Gasteiger charge is -2.43. The first-order valence-electron chi connectivity index (χ1n) is 7.51. The molecule has 2 unspecified atom stereocenters. The van der Waals surface area contributed by atoms with Crippen LogP contribution >= 0.6 is 0 Å². The lowest BCUT2D eigenvalue weighted by Crippen LogP contribution is -2.61. The molecule has 0 spiro atoms. The molecule has 0 aromatic rings. The summed E-state index contributed by atoms with van der Waals surface area (Å²) < 4.78 is 5.55. The fraction of sp³-hybridized carbons (Fsp3) is 0.857. The highest BCUT2D eigenvalue weighted by Crippen LogP contribution is 2.23. The maximum absolute atomic E-state index is 12.5. The van der Waals surface area contributed by atoms with Crippen molar-refractivity contribution >= 4 is 11.7 Å². The van der Waals surface area contributed by atoms with E-state index in [0.29, 0.717) is 38.7 Å². The van der Waals surface area contributed by atoms with Crippen molar-refractivity contribution in [1.82, 2.24) is 9.80 Å². The summed E-state index contributed by atoms with van der Waals surface area (Å²) in [5.74, 6) is 0.584. The van der Waals surface area contributed by atoms with E-state index in [0.717, 1.165) is 6.42 Å². The van der Waals surface area contributed by atoms with Gasteiger partial charge in [-0.25, -0.2) is 0 Å². The fourth-order valence-electron chi connectivity index (χ4n) is 2.96. The normalized spacial score (nSPS) is 28.9. The summed E-state index contributed by atoms with van der Waals surface area (Å²) in [6.07, 6.45) is 0.668. The summed E-state index contributed by atoms with van der Waals surface area (Å²) in [7, 11) is 0. The molecule has 0 aromatic heterocycles. The SMILES string of the molecule is CC1CCOC1C(=O)N1CCN(C(C)(C)C(N)=NO)CC1. The largest absolute Gasteiger partial charge is 0.409 e. The van der Waals surface area contributed by atoms with E-state index in [1.54, 1.807) is 0 Å². The number of ether oxygens (including phenoxy) is 1. The zero-order valence-corrected chi connectivity index (χ0v) is 13.1. The summed E-state index contributed by atoms with van der Waals surface area (Å²) in [5, 5.41) is 12.0. The molecule has 0 aliphatic carbocycles. The minimum atomic E-state index is -0.513. The molecule has 21 heavy (non-hydrogen) atoms. The average molecular weight is 298 g/mol. The van der Waals surface area contributed by atoms with Gasteiger partial charge in [0.05, 0.1) is 5.54 Å². The Morgan fingerprint density at radius 3 is 2.43 bits per heavy atom. The molecule has 0 saturated carbocycles. The molecule has 120 valence electrons. The number of carbonyl (C=O) groups excluding carboxylic acids is 1. The van der Waals surface area contributed by atoms with Gasteiger partial charge in [0.15, 0.2) is 5.84 Å². The van der Waals surface area contributed by atoms with Crippen LogP contribution in [0.4, 0.5) is 0 Å². The zero-order valence-electron chi connectivity index (χ0n) is 13.1. The second kappa shape index (κ2) is 6.19. The van der Waals surface area contributed by atoms with Crippen LogP contribution in [0.5, 0.6) is 0 Å². The molecule has 2 rings (SSSR count). The van der Waals surface area contributed by atoms with Crippen molar-refractivity contribution in [2.45, 2.75) is 38.8 Å². The molecule has 3 N–H and O–H groups in total. The standard InChI is InChI=1S/C14H26N4O3/c1-10-4-9-21-11(10)12(19)17-5-7-18(8-6-17)14(2,3)13(15)16-20/h10-11,20H,4-9H2,1-3H3,(H2,15,16). The summed E-state index contributed by atoms with van der Waals surface area (Å²) in [6, 6.07) is 0. The first kappa shape index (κ1) is 16.0. The number of oxime groups is 1. The van der Waals surface area contributed by atoms with E-state index >= 15 is 0 Å². The summed E-state index contributed by atoms with van der Waals surface area (Å²) >= 11 is 0. The van der Waals surface area contributed by atoms with Crippen LogP contribution in [-0.4, -0.2) is 71.2 Å². The van der Waals surface area contributed by atoms with Crippen LogP contribution in [0.2, 0.25) is 0 Å². The van der Waals surface area contributed by atoms with Crippen molar-refractivity contribution in [3.05, 3.63) is 0 Å². The summed E-state index contributed by atoms with van der Waals surface area (Å²) in [5.41, 5.74) is 5.24. The van der Waals surface area contributed by atoms with Gasteiger partial charge in [-0.3, -0.25) is 9.69 Å². The van der Waals surface area contributed by atoms with Gasteiger partial charge in [-0.05, 0) is 26.2 Å². The molecule has 7 heteroatoms. The molecular weight excluding hydrogens is 272 g/mol. The Balaban J connectivity index is 1.93. The highest BCUT2D eigenvalue weighted by Gasteiger charge is 2.38. The van der Waals surface area contributed by atoms with Crippen molar-refractivity contribution in [2.75, 3.05) is 32.8 Å². The molecule has 2 saturated heterocycles. The van der Waals surface area contributed by atoms with E-state index in [1.807, 2.05) is 18.7 Å². The molecule has 7 nitrogen and oxygen atoms in total. The quantitative estimate of drug-likeness (QED) is 0.333. The first-order chi connectivity index (χ1) is 9.87. The summed E-state index contributed by atoms with van der Waals surface area (Å²) in [4.78, 5) is 16.4. The van der Waals surface area contributed by atoms with Gasteiger partial charge in [0.2, 0.25) is 0 Å². The van der Waals surface area contributed by atoms with Crippen LogP contribution in [0.1, 0.15) is 27.2 Å². The Labute approximate surface area is 125 Å². The van der Waals surface area contributed by atoms with Crippen molar-refractivity contribution in [1.29, 1.82) is 0 Å². The Morgan fingerprint density at radius 2 is 1.95 bits per heavy atom. The molecular formula is C14H26N4O3. The van der Waals surface area contributed by atoms with Crippen LogP contribution < -0.4 is 5.73 Å². The van der Waals surface area contributed by atoms with E-state index in [2.05, 4.69) is 17.0 Å². The Kier molecular flexibility index (Phi) is 4.73. The van der Waals surface area contributed by atoms with Crippen LogP contribution in [0.3, 0.4) is 0 Å². The van der Waals surface area contributed by atoms with Crippen molar-refractivity contribution in [2.24, 2.45) is 16.8 Å². The maximum atomic E-state index is 12.5. The molecule has 2 aliphatic heterocycles. The molecule has 2 heterocycles. The predicted octanol–water partition coefficient (Wildman–Crippen LogP) is 0.0806. The van der Waals surface area contributed by atoms with Gasteiger partial charge in [-0.1, -0.05) is 12.1 Å². The monoisotopic (exact) mass is 298 g/mol. The van der Waals surface area contributed by atoms with E-state index < -0.39 is 5.54 Å². The van der Waals surface area contributed by atoms with Crippen LogP contribution in [0.15, 0.2) is 5.16 Å². The second-order valence-corrected chi connectivity index (χ2v) is 6.41. The third-order valence-corrected chi connectivity index (χ3v) is 4.75. The van der Waals surface area contributed by atoms with E-state index in [-0.39, 0.29) is 17.8 Å². The van der Waals surface area contributed by atoms with Gasteiger partial charge in [-0.2, -0.15) is 0 Å². The number of hydrogen-bond donors (Lipinski definition) is 2. The minimum absolute atomic E-state index is 0.0984. The topological polar surface area (TPSA) is 91.4 Å². The predicted molar refractivity (Wildman–Crippen MR) is 79.2 cm³/mol. The Bertz CT molecular complexity index is 416. The molecule has 1 amide bonds. The maximum Gasteiger partial charge on any atom is 0.252 e. The van der Waals surface area contributed by atoms with E-state index in [9.17, 15) is 4.79 Å². The number of hydrogen-bond acceptors (Lipinski definition) is 5. The molecule has 0 bridgehead atoms. The van der Waals surface area contributed by atoms with Crippen molar-refractivity contribution in [3.63, 3.8) is 0 Å². The van der Waals surface area contributed by atoms with Gasteiger partial charge in [0.1, 0.15) is 6.10 Å². The Hall–Kier alpha value is -1.34. The van der Waals surface area contributed by atoms with Crippen LogP contribution in [0, 0.1) is 5.92 Å². The molecule has 0 radical (unpaired) electrons. The van der Waals surface area contributed by atoms with E-state index in [1.165, 1.54) is 0 Å². The number of nitrogens with two attached hydrogens (primary N) is 1. The molecule has 2 atom stereocenters. The number of piperazine rings is 1. The zero-order chi connectivity index (χ0) is 15.6. The van der Waals surface area contributed by atoms with Gasteiger partial charge < -0.3 is 20.6 Å². The molecule has 2 fully saturated rings. The lowest BCUT2D eigenvalue weighted by molar-refractivity contribution is -0.144. The highest BCUT2D eigenvalue weighted by atomic mass is 16.5. The minimum Gasteiger partial charge on any atom is -0.409 e. The third kappa shape index (κ3) is 3.13. The number of carbonyl (C=O) groups is 1. The van der Waals surface area contributed by atoms with Gasteiger partial charge in [0, 0.05) is 32.8 Å². The van der Waals surface area contributed by atoms with Gasteiger partial charge in [0.25, 0.3) is 5.91 Å². The number of amidine groups is 1. The van der Waals surface area contributed by atoms with Gasteiger partial charge >= 0.3 is 0 Å². The molecule has 0 aromatic carbocycles. The van der Waals surface area contributed by atoms with Gasteiger partial charge in [-0.15, -0.1) is 0 Å². The fourth-order valence-corrected chi connectivity index (χ4v) is 2.96.